The van der Waals surface area contributed by atoms with Crippen molar-refractivity contribution >= 4 is 21.6 Å². The number of rotatable bonds is 5. The summed E-state index contributed by atoms with van der Waals surface area (Å²) in [6.07, 6.45) is 1.11. The number of benzene rings is 1. The minimum atomic E-state index is -0.893. The summed E-state index contributed by atoms with van der Waals surface area (Å²) in [5, 5.41) is 12.8. The highest BCUT2D eigenvalue weighted by atomic mass is 79.9. The normalized spacial score (nSPS) is 11.6. The van der Waals surface area contributed by atoms with Crippen molar-refractivity contribution in [2.75, 3.05) is 11.9 Å². The van der Waals surface area contributed by atoms with Crippen LogP contribution in [0.3, 0.4) is 0 Å². The average Bonchev–Trinajstić information content (AvgIpc) is 2.32. The lowest BCUT2D eigenvalue weighted by Gasteiger charge is -2.26. The lowest BCUT2D eigenvalue weighted by atomic mass is 9.97. The second-order valence-corrected chi connectivity index (χ2v) is 4.89. The molecule has 0 aromatic heterocycles. The van der Waals surface area contributed by atoms with Gasteiger partial charge in [0.1, 0.15) is 11.6 Å². The van der Waals surface area contributed by atoms with Gasteiger partial charge in [-0.25, -0.2) is 8.78 Å². The molecule has 1 aromatic rings. The molecule has 0 bridgehead atoms. The van der Waals surface area contributed by atoms with Crippen LogP contribution in [0.1, 0.15) is 26.7 Å². The Balaban J connectivity index is 2.79. The van der Waals surface area contributed by atoms with Gasteiger partial charge < -0.3 is 10.4 Å². The zero-order valence-corrected chi connectivity index (χ0v) is 11.4. The Morgan fingerprint density at radius 1 is 1.24 bits per heavy atom. The summed E-state index contributed by atoms with van der Waals surface area (Å²) >= 11 is 2.91. The van der Waals surface area contributed by atoms with E-state index in [-0.39, 0.29) is 16.7 Å². The summed E-state index contributed by atoms with van der Waals surface area (Å²) in [6.45, 7) is 3.89. The third kappa shape index (κ3) is 3.64. The van der Waals surface area contributed by atoms with Gasteiger partial charge in [0.2, 0.25) is 0 Å². The molecule has 0 aliphatic heterocycles. The van der Waals surface area contributed by atoms with Gasteiger partial charge in [0.05, 0.1) is 15.8 Å². The van der Waals surface area contributed by atoms with Gasteiger partial charge in [0.25, 0.3) is 0 Å². The molecular weight excluding hydrogens is 292 g/mol. The molecule has 0 amide bonds. The van der Waals surface area contributed by atoms with Crippen LogP contribution >= 0.6 is 15.9 Å². The largest absolute Gasteiger partial charge is 0.388 e. The number of aliphatic hydroxyl groups is 1. The molecule has 0 saturated carbocycles. The van der Waals surface area contributed by atoms with Crippen molar-refractivity contribution in [3.63, 3.8) is 0 Å². The molecule has 17 heavy (non-hydrogen) atoms. The summed E-state index contributed by atoms with van der Waals surface area (Å²) in [5.41, 5.74) is -0.832. The highest BCUT2D eigenvalue weighted by molar-refractivity contribution is 9.10. The van der Waals surface area contributed by atoms with Crippen molar-refractivity contribution in [1.29, 1.82) is 0 Å². The molecule has 0 aliphatic carbocycles. The van der Waals surface area contributed by atoms with Crippen molar-refractivity contribution < 1.29 is 13.9 Å². The molecule has 1 aromatic carbocycles. The Hall–Kier alpha value is -0.680. The van der Waals surface area contributed by atoms with E-state index in [4.69, 9.17) is 0 Å². The van der Waals surface area contributed by atoms with Crippen LogP contribution in [0.15, 0.2) is 16.6 Å². The molecule has 0 aliphatic rings. The van der Waals surface area contributed by atoms with Crippen LogP contribution < -0.4 is 5.32 Å². The molecule has 0 atom stereocenters. The molecule has 2 nitrogen and oxygen atoms in total. The first-order valence-electron chi connectivity index (χ1n) is 5.52. The van der Waals surface area contributed by atoms with Crippen LogP contribution in [-0.2, 0) is 0 Å². The smallest absolute Gasteiger partial charge is 0.147 e. The Kier molecular flexibility index (Phi) is 4.89. The van der Waals surface area contributed by atoms with Crippen molar-refractivity contribution in [1.82, 2.24) is 0 Å². The Morgan fingerprint density at radius 2 is 1.82 bits per heavy atom. The van der Waals surface area contributed by atoms with Crippen LogP contribution in [-0.4, -0.2) is 17.3 Å². The van der Waals surface area contributed by atoms with Crippen molar-refractivity contribution in [2.24, 2.45) is 0 Å². The van der Waals surface area contributed by atoms with Gasteiger partial charge >= 0.3 is 0 Å². The standard InChI is InChI=1S/C12H16BrF2NO/c1-3-12(17,4-2)7-16-11-6-9(14)8(13)5-10(11)15/h5-6,16-17H,3-4,7H2,1-2H3. The fourth-order valence-electron chi connectivity index (χ4n) is 1.42. The van der Waals surface area contributed by atoms with Gasteiger partial charge in [0, 0.05) is 12.6 Å². The molecule has 2 N–H and O–H groups in total. The first-order valence-corrected chi connectivity index (χ1v) is 6.32. The number of nitrogens with one attached hydrogen (secondary N) is 1. The Labute approximate surface area is 108 Å². The molecule has 0 saturated heterocycles. The van der Waals surface area contributed by atoms with Crippen LogP contribution in [0.25, 0.3) is 0 Å². The zero-order valence-electron chi connectivity index (χ0n) is 9.86. The monoisotopic (exact) mass is 307 g/mol. The quantitative estimate of drug-likeness (QED) is 0.813. The number of halogens is 3. The maximum absolute atomic E-state index is 13.5. The van der Waals surface area contributed by atoms with Crippen LogP contribution in [0.2, 0.25) is 0 Å². The molecular formula is C12H16BrF2NO. The zero-order chi connectivity index (χ0) is 13.1. The number of anilines is 1. The first kappa shape index (κ1) is 14.4. The van der Waals surface area contributed by atoms with Gasteiger partial charge in [-0.15, -0.1) is 0 Å². The fourth-order valence-corrected chi connectivity index (χ4v) is 1.73. The summed E-state index contributed by atoms with van der Waals surface area (Å²) in [5.74, 6) is -1.08. The van der Waals surface area contributed by atoms with Gasteiger partial charge in [-0.1, -0.05) is 13.8 Å². The summed E-state index contributed by atoms with van der Waals surface area (Å²) in [7, 11) is 0. The van der Waals surface area contributed by atoms with E-state index in [9.17, 15) is 13.9 Å². The van der Waals surface area contributed by atoms with E-state index in [1.165, 1.54) is 0 Å². The highest BCUT2D eigenvalue weighted by Gasteiger charge is 2.22. The van der Waals surface area contributed by atoms with Gasteiger partial charge in [0.15, 0.2) is 0 Å². The molecule has 5 heteroatoms. The third-order valence-corrected chi connectivity index (χ3v) is 3.54. The average molecular weight is 308 g/mol. The van der Waals surface area contributed by atoms with Gasteiger partial charge in [-0.2, -0.15) is 0 Å². The van der Waals surface area contributed by atoms with E-state index in [1.54, 1.807) is 0 Å². The second kappa shape index (κ2) is 5.78. The lowest BCUT2D eigenvalue weighted by Crippen LogP contribution is -2.35. The van der Waals surface area contributed by atoms with E-state index in [0.717, 1.165) is 12.1 Å². The fraction of sp³-hybridized carbons (Fsp3) is 0.500. The first-order chi connectivity index (χ1) is 7.91. The molecule has 0 unspecified atom stereocenters. The topological polar surface area (TPSA) is 32.3 Å². The van der Waals surface area contributed by atoms with Crippen molar-refractivity contribution in [3.05, 3.63) is 28.2 Å². The molecule has 1 rings (SSSR count). The van der Waals surface area contributed by atoms with E-state index in [1.807, 2.05) is 13.8 Å². The van der Waals surface area contributed by atoms with Gasteiger partial charge in [-0.3, -0.25) is 0 Å². The van der Waals surface area contributed by atoms with Gasteiger partial charge in [-0.05, 0) is 34.8 Å². The Morgan fingerprint density at radius 3 is 2.35 bits per heavy atom. The maximum Gasteiger partial charge on any atom is 0.147 e. The summed E-state index contributed by atoms with van der Waals surface area (Å²) < 4.78 is 26.8. The van der Waals surface area contributed by atoms with E-state index in [0.29, 0.717) is 12.8 Å². The summed E-state index contributed by atoms with van der Waals surface area (Å²) in [4.78, 5) is 0. The third-order valence-electron chi connectivity index (χ3n) is 2.93. The SMILES string of the molecule is CCC(O)(CC)CNc1cc(F)c(Br)cc1F. The van der Waals surface area contributed by atoms with Crippen LogP contribution in [0, 0.1) is 11.6 Å². The maximum atomic E-state index is 13.5. The predicted octanol–water partition coefficient (Wildman–Crippen LogP) is 3.69. The van der Waals surface area contributed by atoms with E-state index in [2.05, 4.69) is 21.2 Å². The van der Waals surface area contributed by atoms with Crippen molar-refractivity contribution in [3.8, 4) is 0 Å². The lowest BCUT2D eigenvalue weighted by molar-refractivity contribution is 0.0456. The van der Waals surface area contributed by atoms with Crippen molar-refractivity contribution in [2.45, 2.75) is 32.3 Å². The molecule has 0 fully saturated rings. The molecule has 0 heterocycles. The predicted molar refractivity (Wildman–Crippen MR) is 68.1 cm³/mol. The minimum absolute atomic E-state index is 0.0611. The van der Waals surface area contributed by atoms with E-state index >= 15 is 0 Å². The minimum Gasteiger partial charge on any atom is -0.388 e. The summed E-state index contributed by atoms with van der Waals surface area (Å²) in [6, 6.07) is 2.14. The Bertz CT molecular complexity index is 394. The van der Waals surface area contributed by atoms with E-state index < -0.39 is 17.2 Å². The second-order valence-electron chi connectivity index (χ2n) is 4.03. The number of hydrogen-bond acceptors (Lipinski definition) is 2. The number of hydrogen-bond donors (Lipinski definition) is 2. The highest BCUT2D eigenvalue weighted by Crippen LogP contribution is 2.24. The van der Waals surface area contributed by atoms with Crippen LogP contribution in [0.5, 0.6) is 0 Å². The molecule has 0 radical (unpaired) electrons. The molecule has 96 valence electrons. The van der Waals surface area contributed by atoms with Crippen LogP contribution in [0.4, 0.5) is 14.5 Å². The molecule has 0 spiro atoms.